The lowest BCUT2D eigenvalue weighted by Gasteiger charge is -1.69. The van der Waals surface area contributed by atoms with E-state index in [1.54, 1.807) is 0 Å². The second kappa shape index (κ2) is 4.35. The fraction of sp³-hybridized carbons (Fsp3) is 0.750. The molecule has 0 aliphatic heterocycles. The molecule has 0 saturated carbocycles. The zero-order chi connectivity index (χ0) is 3.58. The molecular formula is C4H12S. The van der Waals surface area contributed by atoms with Crippen molar-refractivity contribution in [1.82, 2.24) is 0 Å². The summed E-state index contributed by atoms with van der Waals surface area (Å²) in [5, 5.41) is 0. The smallest absolute Gasteiger partial charge is 0.0969 e. The molecule has 0 saturated heterocycles. The van der Waals surface area contributed by atoms with Gasteiger partial charge in [-0.3, -0.25) is 0 Å². The van der Waals surface area contributed by atoms with E-state index in [4.69, 9.17) is 0 Å². The molecule has 0 aromatic rings. The lowest BCUT2D eigenvalue weighted by molar-refractivity contribution is 2.18. The Morgan fingerprint density at radius 2 is 1.00 bits per heavy atom. The Hall–Kier alpha value is 0.350. The lowest BCUT2D eigenvalue weighted by atomic mass is 11.9. The van der Waals surface area contributed by atoms with Gasteiger partial charge in [0.25, 0.3) is 0 Å². The zero-order valence-electron chi connectivity index (χ0n) is 4.41. The van der Waals surface area contributed by atoms with Gasteiger partial charge < -0.3 is 7.43 Å². The van der Waals surface area contributed by atoms with Crippen molar-refractivity contribution >= 4 is 10.9 Å². The van der Waals surface area contributed by atoms with E-state index in [0.717, 1.165) is 0 Å². The van der Waals surface area contributed by atoms with Crippen molar-refractivity contribution in [2.24, 2.45) is 0 Å². The van der Waals surface area contributed by atoms with Gasteiger partial charge in [0, 0.05) is 0 Å². The molecule has 0 aliphatic rings. The molecule has 0 N–H and O–H groups in total. The normalized spacial score (nSPS) is 7.20. The van der Waals surface area contributed by atoms with Gasteiger partial charge >= 0.3 is 0 Å². The van der Waals surface area contributed by atoms with Crippen LogP contribution >= 0.6 is 0 Å². The fourth-order valence-electron chi connectivity index (χ4n) is 0. The van der Waals surface area contributed by atoms with Gasteiger partial charge in [0.1, 0.15) is 0 Å². The molecule has 0 rings (SSSR count). The first-order chi connectivity index (χ1) is 1.73. The van der Waals surface area contributed by atoms with Crippen LogP contribution in [-0.2, 0) is 10.9 Å². The Morgan fingerprint density at radius 3 is 1.00 bits per heavy atom. The van der Waals surface area contributed by atoms with Crippen LogP contribution in [0.5, 0.6) is 0 Å². The number of rotatable bonds is 0. The van der Waals surface area contributed by atoms with Gasteiger partial charge in [-0.25, -0.2) is 0 Å². The van der Waals surface area contributed by atoms with E-state index in [2.05, 4.69) is 18.8 Å². The van der Waals surface area contributed by atoms with Crippen LogP contribution in [0.25, 0.3) is 0 Å². The SMILES string of the molecule is C[S+](C)C.[CH3-]. The minimum Gasteiger partial charge on any atom is -0.358 e. The molecule has 0 aliphatic carbocycles. The van der Waals surface area contributed by atoms with E-state index in [1.165, 1.54) is 0 Å². The predicted molar refractivity (Wildman–Crippen MR) is 31.6 cm³/mol. The molecule has 0 fully saturated rings. The summed E-state index contributed by atoms with van der Waals surface area (Å²) in [5.41, 5.74) is 0. The van der Waals surface area contributed by atoms with Gasteiger partial charge in [-0.05, 0) is 10.9 Å². The topological polar surface area (TPSA) is 0 Å². The first-order valence-corrected chi connectivity index (χ1v) is 3.67. The highest BCUT2D eigenvalue weighted by molar-refractivity contribution is 7.94. The summed E-state index contributed by atoms with van der Waals surface area (Å²) in [6.45, 7) is 0. The fourth-order valence-corrected chi connectivity index (χ4v) is 0. The summed E-state index contributed by atoms with van der Waals surface area (Å²) < 4.78 is 0. The Bertz CT molecular complexity index is 8.36. The van der Waals surface area contributed by atoms with Crippen LogP contribution in [0, 0.1) is 7.43 Å². The van der Waals surface area contributed by atoms with Crippen LogP contribution in [0.4, 0.5) is 0 Å². The predicted octanol–water partition coefficient (Wildman–Crippen LogP) is 0.944. The lowest BCUT2D eigenvalue weighted by Crippen LogP contribution is -1.84. The molecule has 0 spiro atoms. The molecule has 0 radical (unpaired) electrons. The summed E-state index contributed by atoms with van der Waals surface area (Å²) in [5.74, 6) is 0. The average Bonchev–Trinajstić information content (AvgIpc) is 0.811. The van der Waals surface area contributed by atoms with Crippen LogP contribution in [0.1, 0.15) is 0 Å². The summed E-state index contributed by atoms with van der Waals surface area (Å²) in [6, 6.07) is 0. The molecule has 0 aromatic carbocycles. The highest BCUT2D eigenvalue weighted by Gasteiger charge is 1.77. The summed E-state index contributed by atoms with van der Waals surface area (Å²) in [6.07, 6.45) is 6.58. The van der Waals surface area contributed by atoms with E-state index in [-0.39, 0.29) is 7.43 Å². The molecule has 0 heterocycles. The Labute approximate surface area is 37.9 Å². The first kappa shape index (κ1) is 9.02. The van der Waals surface area contributed by atoms with Crippen molar-refractivity contribution in [3.05, 3.63) is 7.43 Å². The summed E-state index contributed by atoms with van der Waals surface area (Å²) in [4.78, 5) is 0. The van der Waals surface area contributed by atoms with Crippen molar-refractivity contribution in [3.8, 4) is 0 Å². The summed E-state index contributed by atoms with van der Waals surface area (Å²) >= 11 is 0. The molecule has 34 valence electrons. The molecule has 0 atom stereocenters. The first-order valence-electron chi connectivity index (χ1n) is 1.22. The maximum Gasteiger partial charge on any atom is 0.0969 e. The van der Waals surface area contributed by atoms with Crippen LogP contribution in [0.15, 0.2) is 0 Å². The number of hydrogen-bond acceptors (Lipinski definition) is 0. The van der Waals surface area contributed by atoms with Gasteiger partial charge in [0.2, 0.25) is 0 Å². The van der Waals surface area contributed by atoms with Crippen LogP contribution in [-0.4, -0.2) is 18.8 Å². The summed E-state index contributed by atoms with van der Waals surface area (Å²) in [7, 11) is 0.639. The third-order valence-electron chi connectivity index (χ3n) is 0. The van der Waals surface area contributed by atoms with Gasteiger partial charge in [-0.15, -0.1) is 0 Å². The van der Waals surface area contributed by atoms with Gasteiger partial charge in [-0.2, -0.15) is 0 Å². The highest BCUT2D eigenvalue weighted by Crippen LogP contribution is 1.63. The van der Waals surface area contributed by atoms with Gasteiger partial charge in [0.05, 0.1) is 18.8 Å². The third-order valence-corrected chi connectivity index (χ3v) is 0. The molecular weight excluding hydrogens is 80.1 g/mol. The average molecular weight is 92.2 g/mol. The van der Waals surface area contributed by atoms with Crippen molar-refractivity contribution in [2.75, 3.05) is 18.8 Å². The van der Waals surface area contributed by atoms with E-state index in [9.17, 15) is 0 Å². The van der Waals surface area contributed by atoms with Crippen molar-refractivity contribution < 1.29 is 0 Å². The number of hydrogen-bond donors (Lipinski definition) is 0. The molecule has 5 heavy (non-hydrogen) atoms. The monoisotopic (exact) mass is 92.1 g/mol. The van der Waals surface area contributed by atoms with Crippen LogP contribution < -0.4 is 0 Å². The van der Waals surface area contributed by atoms with E-state index in [0.29, 0.717) is 10.9 Å². The van der Waals surface area contributed by atoms with Crippen molar-refractivity contribution in [2.45, 2.75) is 0 Å². The molecule has 0 bridgehead atoms. The zero-order valence-corrected chi connectivity index (χ0v) is 5.22. The van der Waals surface area contributed by atoms with E-state index >= 15 is 0 Å². The molecule has 0 amide bonds. The third kappa shape index (κ3) is 196. The second-order valence-electron chi connectivity index (χ2n) is 1.22. The van der Waals surface area contributed by atoms with Crippen molar-refractivity contribution in [1.29, 1.82) is 0 Å². The Kier molecular flexibility index (Phi) is 7.85. The van der Waals surface area contributed by atoms with Crippen LogP contribution in [0.2, 0.25) is 0 Å². The Morgan fingerprint density at radius 1 is 1.00 bits per heavy atom. The minimum atomic E-state index is 0. The molecule has 0 unspecified atom stereocenters. The molecule has 1 heteroatoms. The van der Waals surface area contributed by atoms with Gasteiger partial charge in [-0.1, -0.05) is 0 Å². The largest absolute Gasteiger partial charge is 0.358 e. The maximum absolute atomic E-state index is 2.19. The quantitative estimate of drug-likeness (QED) is 0.308. The second-order valence-corrected chi connectivity index (χ2v) is 3.67. The van der Waals surface area contributed by atoms with E-state index in [1.807, 2.05) is 0 Å². The maximum atomic E-state index is 2.19. The van der Waals surface area contributed by atoms with Gasteiger partial charge in [0.15, 0.2) is 0 Å². The molecule has 0 nitrogen and oxygen atoms in total. The highest BCUT2D eigenvalue weighted by atomic mass is 32.2. The van der Waals surface area contributed by atoms with Crippen LogP contribution in [0.3, 0.4) is 0 Å². The Balaban J connectivity index is 0. The molecule has 0 aromatic heterocycles. The van der Waals surface area contributed by atoms with E-state index < -0.39 is 0 Å². The minimum absolute atomic E-state index is 0. The van der Waals surface area contributed by atoms with Crippen molar-refractivity contribution in [3.63, 3.8) is 0 Å². The standard InChI is InChI=1S/C3H9S.CH3/c1-4(2)3;/h1-3H3;1H3/q+1;-1.